The van der Waals surface area contributed by atoms with Crippen molar-refractivity contribution < 1.29 is 19.0 Å². The van der Waals surface area contributed by atoms with Gasteiger partial charge in [-0.3, -0.25) is 0 Å². The largest absolute Gasteiger partial charge is 0.497 e. The minimum atomic E-state index is -0.414. The van der Waals surface area contributed by atoms with Gasteiger partial charge in [-0.25, -0.2) is 4.79 Å². The second-order valence-electron chi connectivity index (χ2n) is 5.56. The van der Waals surface area contributed by atoms with Crippen molar-refractivity contribution in [3.8, 4) is 23.0 Å². The number of para-hydroxylation sites is 3. The quantitative estimate of drug-likeness (QED) is 0.635. The average molecular weight is 364 g/mol. The lowest BCUT2D eigenvalue weighted by Gasteiger charge is -2.14. The number of anilines is 2. The molecule has 0 heterocycles. The molecule has 0 saturated heterocycles. The predicted octanol–water partition coefficient (Wildman–Crippen LogP) is 5.14. The minimum Gasteiger partial charge on any atom is -0.497 e. The maximum absolute atomic E-state index is 12.4. The molecule has 0 aliphatic heterocycles. The first-order valence-electron chi connectivity index (χ1n) is 8.31. The SMILES string of the molecule is COc1ccc(NC(=O)Nc2ccccc2Oc2ccccc2)c(OC)c1. The Morgan fingerprint density at radius 2 is 1.37 bits per heavy atom. The van der Waals surface area contributed by atoms with Crippen LogP contribution in [-0.4, -0.2) is 20.3 Å². The van der Waals surface area contributed by atoms with Gasteiger partial charge in [-0.2, -0.15) is 0 Å². The lowest BCUT2D eigenvalue weighted by atomic mass is 10.2. The molecule has 3 rings (SSSR count). The van der Waals surface area contributed by atoms with Crippen LogP contribution in [0.15, 0.2) is 72.8 Å². The number of urea groups is 1. The number of hydrogen-bond acceptors (Lipinski definition) is 4. The summed E-state index contributed by atoms with van der Waals surface area (Å²) in [5.41, 5.74) is 1.07. The molecule has 0 atom stereocenters. The summed E-state index contributed by atoms with van der Waals surface area (Å²) in [6.45, 7) is 0. The zero-order valence-corrected chi connectivity index (χ0v) is 15.1. The third-order valence-corrected chi connectivity index (χ3v) is 3.76. The van der Waals surface area contributed by atoms with Gasteiger partial charge in [0.15, 0.2) is 5.75 Å². The molecule has 0 aliphatic rings. The highest BCUT2D eigenvalue weighted by molar-refractivity contribution is 6.01. The van der Waals surface area contributed by atoms with Crippen LogP contribution in [0, 0.1) is 0 Å². The van der Waals surface area contributed by atoms with Crippen molar-refractivity contribution in [1.29, 1.82) is 0 Å². The van der Waals surface area contributed by atoms with Gasteiger partial charge >= 0.3 is 6.03 Å². The Balaban J connectivity index is 1.73. The van der Waals surface area contributed by atoms with Crippen molar-refractivity contribution in [3.63, 3.8) is 0 Å². The smallest absolute Gasteiger partial charge is 0.323 e. The molecule has 138 valence electrons. The Kier molecular flexibility index (Phi) is 5.79. The minimum absolute atomic E-state index is 0.414. The van der Waals surface area contributed by atoms with Gasteiger partial charge in [-0.05, 0) is 36.4 Å². The Hall–Kier alpha value is -3.67. The molecule has 0 aliphatic carbocycles. The first-order valence-corrected chi connectivity index (χ1v) is 8.31. The fourth-order valence-electron chi connectivity index (χ4n) is 2.45. The number of nitrogens with one attached hydrogen (secondary N) is 2. The Morgan fingerprint density at radius 3 is 2.07 bits per heavy atom. The van der Waals surface area contributed by atoms with E-state index in [2.05, 4.69) is 10.6 Å². The van der Waals surface area contributed by atoms with E-state index in [9.17, 15) is 4.79 Å². The first-order chi connectivity index (χ1) is 13.2. The fraction of sp³-hybridized carbons (Fsp3) is 0.0952. The van der Waals surface area contributed by atoms with Crippen LogP contribution < -0.4 is 24.8 Å². The third kappa shape index (κ3) is 4.70. The van der Waals surface area contributed by atoms with Gasteiger partial charge in [0.05, 0.1) is 25.6 Å². The molecule has 6 nitrogen and oxygen atoms in total. The molecule has 0 aromatic heterocycles. The Morgan fingerprint density at radius 1 is 0.704 bits per heavy atom. The summed E-state index contributed by atoms with van der Waals surface area (Å²) in [6.07, 6.45) is 0. The van der Waals surface area contributed by atoms with Crippen molar-refractivity contribution in [2.45, 2.75) is 0 Å². The van der Waals surface area contributed by atoms with Gasteiger partial charge < -0.3 is 24.8 Å². The molecular weight excluding hydrogens is 344 g/mol. The second kappa shape index (κ2) is 8.62. The van der Waals surface area contributed by atoms with E-state index in [0.717, 1.165) is 0 Å². The number of carbonyl (C=O) groups excluding carboxylic acids is 1. The third-order valence-electron chi connectivity index (χ3n) is 3.76. The topological polar surface area (TPSA) is 68.8 Å². The summed E-state index contributed by atoms with van der Waals surface area (Å²) in [5.74, 6) is 2.36. The molecule has 0 bridgehead atoms. The molecule has 2 N–H and O–H groups in total. The molecule has 0 radical (unpaired) electrons. The monoisotopic (exact) mass is 364 g/mol. The summed E-state index contributed by atoms with van der Waals surface area (Å²) in [5, 5.41) is 5.56. The molecule has 6 heteroatoms. The van der Waals surface area contributed by atoms with Crippen LogP contribution in [0.25, 0.3) is 0 Å². The summed E-state index contributed by atoms with van der Waals surface area (Å²) < 4.78 is 16.3. The van der Waals surface area contributed by atoms with Crippen LogP contribution >= 0.6 is 0 Å². The van der Waals surface area contributed by atoms with Crippen LogP contribution in [0.2, 0.25) is 0 Å². The molecule has 0 spiro atoms. The molecule has 0 saturated carbocycles. The Bertz CT molecular complexity index is 913. The van der Waals surface area contributed by atoms with E-state index in [1.165, 1.54) is 7.11 Å². The summed E-state index contributed by atoms with van der Waals surface area (Å²) in [7, 11) is 3.10. The Labute approximate surface area is 157 Å². The summed E-state index contributed by atoms with van der Waals surface area (Å²) in [4.78, 5) is 12.4. The van der Waals surface area contributed by atoms with E-state index in [1.54, 1.807) is 37.4 Å². The van der Waals surface area contributed by atoms with Crippen molar-refractivity contribution in [2.24, 2.45) is 0 Å². The van der Waals surface area contributed by atoms with Gasteiger partial charge in [0.1, 0.15) is 17.2 Å². The molecule has 0 unspecified atom stereocenters. The zero-order chi connectivity index (χ0) is 19.1. The number of rotatable bonds is 6. The zero-order valence-electron chi connectivity index (χ0n) is 15.1. The second-order valence-corrected chi connectivity index (χ2v) is 5.56. The molecule has 3 aromatic rings. The first kappa shape index (κ1) is 18.1. The van der Waals surface area contributed by atoms with Crippen molar-refractivity contribution >= 4 is 17.4 Å². The maximum Gasteiger partial charge on any atom is 0.323 e. The highest BCUT2D eigenvalue weighted by atomic mass is 16.5. The highest BCUT2D eigenvalue weighted by Crippen LogP contribution is 2.31. The van der Waals surface area contributed by atoms with Crippen LogP contribution in [0.1, 0.15) is 0 Å². The van der Waals surface area contributed by atoms with E-state index in [1.807, 2.05) is 42.5 Å². The van der Waals surface area contributed by atoms with Crippen molar-refractivity contribution in [3.05, 3.63) is 72.8 Å². The van der Waals surface area contributed by atoms with Crippen molar-refractivity contribution in [2.75, 3.05) is 24.9 Å². The van der Waals surface area contributed by atoms with Crippen LogP contribution in [0.4, 0.5) is 16.2 Å². The number of ether oxygens (including phenoxy) is 3. The number of hydrogen-bond donors (Lipinski definition) is 2. The molecule has 3 aromatic carbocycles. The number of benzene rings is 3. The van der Waals surface area contributed by atoms with Gasteiger partial charge in [-0.1, -0.05) is 30.3 Å². The number of amides is 2. The normalized spacial score (nSPS) is 10.0. The fourth-order valence-corrected chi connectivity index (χ4v) is 2.45. The standard InChI is InChI=1S/C21H20N2O4/c1-25-16-12-13-18(20(14-16)26-2)23-21(24)22-17-10-6-7-11-19(17)27-15-8-4-3-5-9-15/h3-14H,1-2H3,(H2,22,23,24). The van der Waals surface area contributed by atoms with Gasteiger partial charge in [0.2, 0.25) is 0 Å². The van der Waals surface area contributed by atoms with Crippen molar-refractivity contribution in [1.82, 2.24) is 0 Å². The molecular formula is C21H20N2O4. The highest BCUT2D eigenvalue weighted by Gasteiger charge is 2.11. The molecule has 0 fully saturated rings. The predicted molar refractivity (Wildman–Crippen MR) is 105 cm³/mol. The lowest BCUT2D eigenvalue weighted by Crippen LogP contribution is -2.20. The molecule has 27 heavy (non-hydrogen) atoms. The van der Waals surface area contributed by atoms with Crippen LogP contribution in [0.5, 0.6) is 23.0 Å². The van der Waals surface area contributed by atoms with E-state index in [0.29, 0.717) is 34.4 Å². The van der Waals surface area contributed by atoms with E-state index in [-0.39, 0.29) is 0 Å². The lowest BCUT2D eigenvalue weighted by molar-refractivity contribution is 0.262. The van der Waals surface area contributed by atoms with E-state index >= 15 is 0 Å². The van der Waals surface area contributed by atoms with Gasteiger partial charge in [0.25, 0.3) is 0 Å². The molecule has 2 amide bonds. The van der Waals surface area contributed by atoms with E-state index in [4.69, 9.17) is 14.2 Å². The van der Waals surface area contributed by atoms with Gasteiger partial charge in [0, 0.05) is 6.07 Å². The van der Waals surface area contributed by atoms with E-state index < -0.39 is 6.03 Å². The summed E-state index contributed by atoms with van der Waals surface area (Å²) in [6, 6.07) is 21.3. The van der Waals surface area contributed by atoms with Crippen LogP contribution in [-0.2, 0) is 0 Å². The number of methoxy groups -OCH3 is 2. The van der Waals surface area contributed by atoms with Crippen LogP contribution in [0.3, 0.4) is 0 Å². The average Bonchev–Trinajstić information content (AvgIpc) is 2.70. The van der Waals surface area contributed by atoms with Gasteiger partial charge in [-0.15, -0.1) is 0 Å². The number of carbonyl (C=O) groups is 1. The maximum atomic E-state index is 12.4. The summed E-state index contributed by atoms with van der Waals surface area (Å²) >= 11 is 0.